The summed E-state index contributed by atoms with van der Waals surface area (Å²) < 4.78 is 38.3. The van der Waals surface area contributed by atoms with E-state index in [1.54, 1.807) is 0 Å². The second kappa shape index (κ2) is 5.25. The van der Waals surface area contributed by atoms with E-state index >= 15 is 0 Å². The van der Waals surface area contributed by atoms with Crippen LogP contribution in [-0.4, -0.2) is 17.2 Å². The number of rotatable bonds is 1. The van der Waals surface area contributed by atoms with Gasteiger partial charge in [0.15, 0.2) is 0 Å². The van der Waals surface area contributed by atoms with E-state index in [9.17, 15) is 23.5 Å². The minimum absolute atomic E-state index is 0.0858. The van der Waals surface area contributed by atoms with Crippen molar-refractivity contribution in [3.63, 3.8) is 0 Å². The van der Waals surface area contributed by atoms with Gasteiger partial charge in [-0.25, -0.2) is 0 Å². The minimum atomic E-state index is -4.49. The number of alkyl halides is 3. The lowest BCUT2D eigenvalue weighted by molar-refractivity contribution is -0.137. The van der Waals surface area contributed by atoms with Crippen molar-refractivity contribution in [1.29, 1.82) is 5.26 Å². The zero-order valence-electron chi connectivity index (χ0n) is 12.0. The summed E-state index contributed by atoms with van der Waals surface area (Å²) in [6.07, 6.45) is -0.635. The highest BCUT2D eigenvalue weighted by Crippen LogP contribution is 2.42. The second-order valence-corrected chi connectivity index (χ2v) is 6.30. The molecule has 2 aliphatic rings. The average molecular weight is 310 g/mol. The Bertz CT molecular complexity index is 609. The molecule has 1 aromatic carbocycles. The maximum absolute atomic E-state index is 12.8. The summed E-state index contributed by atoms with van der Waals surface area (Å²) in [5.74, 6) is 0. The van der Waals surface area contributed by atoms with Gasteiger partial charge in [0, 0.05) is 17.6 Å². The summed E-state index contributed by atoms with van der Waals surface area (Å²) >= 11 is 0. The lowest BCUT2D eigenvalue weighted by atomic mass is 9.73. The first-order valence-electron chi connectivity index (χ1n) is 7.42. The molecule has 0 saturated carbocycles. The molecule has 2 aliphatic heterocycles. The van der Waals surface area contributed by atoms with Gasteiger partial charge in [0.25, 0.3) is 0 Å². The zero-order chi connectivity index (χ0) is 16.0. The summed E-state index contributed by atoms with van der Waals surface area (Å²) in [5, 5.41) is 23.6. The van der Waals surface area contributed by atoms with Crippen LogP contribution in [0.3, 0.4) is 0 Å². The molecule has 3 rings (SSSR count). The number of hydrogen-bond donors (Lipinski definition) is 2. The molecule has 2 N–H and O–H groups in total. The van der Waals surface area contributed by atoms with Gasteiger partial charge in [0.05, 0.1) is 22.8 Å². The van der Waals surface area contributed by atoms with E-state index in [1.807, 2.05) is 6.07 Å². The summed E-state index contributed by atoms with van der Waals surface area (Å²) in [7, 11) is 0. The molecule has 1 aromatic rings. The maximum atomic E-state index is 12.8. The molecule has 2 bridgehead atoms. The third-order valence-electron chi connectivity index (χ3n) is 4.71. The summed E-state index contributed by atoms with van der Waals surface area (Å²) in [4.78, 5) is 0. The molecule has 118 valence electrons. The van der Waals surface area contributed by atoms with Crippen molar-refractivity contribution < 1.29 is 18.3 Å². The largest absolute Gasteiger partial charge is 0.416 e. The van der Waals surface area contributed by atoms with Gasteiger partial charge in [-0.1, -0.05) is 12.5 Å². The Labute approximate surface area is 126 Å². The summed E-state index contributed by atoms with van der Waals surface area (Å²) in [5.41, 5.74) is -1.85. The molecule has 2 saturated heterocycles. The quantitative estimate of drug-likeness (QED) is 0.838. The Morgan fingerprint density at radius 3 is 2.41 bits per heavy atom. The molecule has 0 spiro atoms. The SMILES string of the molecule is N#Cc1cc(C(F)(F)F)ccc1C1(O)CC2CCCC(C1)N2. The van der Waals surface area contributed by atoms with E-state index in [1.165, 1.54) is 6.07 Å². The maximum Gasteiger partial charge on any atom is 0.416 e. The van der Waals surface area contributed by atoms with Gasteiger partial charge in [-0.15, -0.1) is 0 Å². The fraction of sp³-hybridized carbons (Fsp3) is 0.562. The Hall–Kier alpha value is -1.58. The highest BCUT2D eigenvalue weighted by molar-refractivity contribution is 5.45. The number of aliphatic hydroxyl groups is 1. The minimum Gasteiger partial charge on any atom is -0.385 e. The molecule has 3 nitrogen and oxygen atoms in total. The number of benzene rings is 1. The zero-order valence-corrected chi connectivity index (χ0v) is 12.0. The molecule has 0 amide bonds. The van der Waals surface area contributed by atoms with E-state index < -0.39 is 17.3 Å². The van der Waals surface area contributed by atoms with Crippen LogP contribution in [0, 0.1) is 11.3 Å². The van der Waals surface area contributed by atoms with Crippen LogP contribution in [0.15, 0.2) is 18.2 Å². The highest BCUT2D eigenvalue weighted by Gasteiger charge is 2.43. The van der Waals surface area contributed by atoms with Crippen molar-refractivity contribution >= 4 is 0 Å². The van der Waals surface area contributed by atoms with Crippen molar-refractivity contribution in [3.8, 4) is 6.07 Å². The fourth-order valence-corrected chi connectivity index (χ4v) is 3.77. The monoisotopic (exact) mass is 310 g/mol. The first-order chi connectivity index (χ1) is 10.3. The van der Waals surface area contributed by atoms with Crippen LogP contribution >= 0.6 is 0 Å². The Balaban J connectivity index is 1.99. The van der Waals surface area contributed by atoms with Crippen LogP contribution < -0.4 is 5.32 Å². The summed E-state index contributed by atoms with van der Waals surface area (Å²) in [6, 6.07) is 5.19. The van der Waals surface area contributed by atoms with Gasteiger partial charge in [-0.05, 0) is 37.8 Å². The van der Waals surface area contributed by atoms with Gasteiger partial charge in [0.1, 0.15) is 0 Å². The van der Waals surface area contributed by atoms with Crippen molar-refractivity contribution in [2.75, 3.05) is 0 Å². The number of piperidine rings is 2. The molecular weight excluding hydrogens is 293 g/mol. The molecule has 2 fully saturated rings. The molecule has 0 aromatic heterocycles. The van der Waals surface area contributed by atoms with Crippen molar-refractivity contribution in [2.45, 2.75) is 56.0 Å². The van der Waals surface area contributed by atoms with Gasteiger partial charge < -0.3 is 10.4 Å². The van der Waals surface area contributed by atoms with Crippen LogP contribution in [0.2, 0.25) is 0 Å². The summed E-state index contributed by atoms with van der Waals surface area (Å²) in [6.45, 7) is 0. The molecular formula is C16H17F3N2O. The highest BCUT2D eigenvalue weighted by atomic mass is 19.4. The van der Waals surface area contributed by atoms with Crippen LogP contribution in [0.5, 0.6) is 0 Å². The van der Waals surface area contributed by atoms with Gasteiger partial charge in [-0.2, -0.15) is 18.4 Å². The predicted octanol–water partition coefficient (Wildman–Crippen LogP) is 3.07. The Morgan fingerprint density at radius 2 is 1.86 bits per heavy atom. The van der Waals surface area contributed by atoms with E-state index in [4.69, 9.17) is 0 Å². The topological polar surface area (TPSA) is 56.0 Å². The van der Waals surface area contributed by atoms with E-state index in [0.29, 0.717) is 18.4 Å². The number of hydrogen-bond acceptors (Lipinski definition) is 3. The van der Waals surface area contributed by atoms with Gasteiger partial charge in [-0.3, -0.25) is 0 Å². The van der Waals surface area contributed by atoms with Crippen LogP contribution in [0.25, 0.3) is 0 Å². The van der Waals surface area contributed by atoms with E-state index in [0.717, 1.165) is 31.4 Å². The molecule has 2 unspecified atom stereocenters. The van der Waals surface area contributed by atoms with E-state index in [-0.39, 0.29) is 17.6 Å². The third kappa shape index (κ3) is 2.71. The number of halogens is 3. The third-order valence-corrected chi connectivity index (χ3v) is 4.71. The predicted molar refractivity (Wildman–Crippen MR) is 73.9 cm³/mol. The van der Waals surface area contributed by atoms with Crippen molar-refractivity contribution in [3.05, 3.63) is 34.9 Å². The lowest BCUT2D eigenvalue weighted by Crippen LogP contribution is -2.54. The number of nitrogens with one attached hydrogen (secondary N) is 1. The normalized spacial score (nSPS) is 31.6. The second-order valence-electron chi connectivity index (χ2n) is 6.30. The first-order valence-corrected chi connectivity index (χ1v) is 7.42. The Kier molecular flexibility index (Phi) is 3.66. The number of fused-ring (bicyclic) bond motifs is 2. The fourth-order valence-electron chi connectivity index (χ4n) is 3.77. The van der Waals surface area contributed by atoms with Crippen LogP contribution in [0.4, 0.5) is 13.2 Å². The van der Waals surface area contributed by atoms with Crippen LogP contribution in [0.1, 0.15) is 48.8 Å². The van der Waals surface area contributed by atoms with Crippen molar-refractivity contribution in [2.24, 2.45) is 0 Å². The Morgan fingerprint density at radius 1 is 1.23 bits per heavy atom. The number of nitriles is 1. The van der Waals surface area contributed by atoms with Crippen LogP contribution in [-0.2, 0) is 11.8 Å². The number of nitrogens with zero attached hydrogens (tertiary/aromatic N) is 1. The molecule has 0 radical (unpaired) electrons. The van der Waals surface area contributed by atoms with E-state index in [2.05, 4.69) is 5.32 Å². The standard InChI is InChI=1S/C16H17F3N2O/c17-16(18,19)11-4-5-14(10(6-11)9-20)15(22)7-12-2-1-3-13(8-15)21-12/h4-6,12-13,21-22H,1-3,7-8H2. The first kappa shape index (κ1) is 15.3. The smallest absolute Gasteiger partial charge is 0.385 e. The molecule has 0 aliphatic carbocycles. The molecule has 2 atom stereocenters. The van der Waals surface area contributed by atoms with Gasteiger partial charge in [0.2, 0.25) is 0 Å². The molecule has 6 heteroatoms. The van der Waals surface area contributed by atoms with Crippen molar-refractivity contribution in [1.82, 2.24) is 5.32 Å². The van der Waals surface area contributed by atoms with Gasteiger partial charge >= 0.3 is 6.18 Å². The lowest BCUT2D eigenvalue weighted by Gasteiger charge is -2.45. The molecule has 22 heavy (non-hydrogen) atoms. The molecule has 2 heterocycles. The average Bonchev–Trinajstić information content (AvgIpc) is 2.45.